The highest BCUT2D eigenvalue weighted by molar-refractivity contribution is 7.01. The summed E-state index contributed by atoms with van der Waals surface area (Å²) < 4.78 is 0. The van der Waals surface area contributed by atoms with Gasteiger partial charge in [0.1, 0.15) is 0 Å². The van der Waals surface area contributed by atoms with Gasteiger partial charge < -0.3 is 19.6 Å². The number of hydrogen-bond donors (Lipinski definition) is 0. The summed E-state index contributed by atoms with van der Waals surface area (Å²) in [5.74, 6) is 0. The van der Waals surface area contributed by atoms with Gasteiger partial charge in [-0.25, -0.2) is 0 Å². The van der Waals surface area contributed by atoms with E-state index >= 15 is 0 Å². The minimum atomic E-state index is -0.621. The Morgan fingerprint density at radius 1 is 0.247 bits per heavy atom. The van der Waals surface area contributed by atoms with Gasteiger partial charge in [-0.2, -0.15) is 0 Å². The Labute approximate surface area is 473 Å². The minimum Gasteiger partial charge on any atom is -0.311 e. The molecular formula is C75H50B2N4. The zero-order valence-corrected chi connectivity index (χ0v) is 44.8. The van der Waals surface area contributed by atoms with Crippen molar-refractivity contribution < 1.29 is 0 Å². The van der Waals surface area contributed by atoms with Crippen LogP contribution in [0, 0.1) is 13.8 Å². The number of rotatable bonds is 4. The molecule has 2 aliphatic carbocycles. The maximum absolute atomic E-state index is 2.59. The first-order valence-corrected chi connectivity index (χ1v) is 28.5. The molecule has 12 aromatic carbocycles. The van der Waals surface area contributed by atoms with Crippen LogP contribution in [0.15, 0.2) is 267 Å². The number of hydrogen-bond acceptors (Lipinski definition) is 4. The monoisotopic (exact) mass is 1030 g/mol. The van der Waals surface area contributed by atoms with Gasteiger partial charge in [-0.3, -0.25) is 0 Å². The van der Waals surface area contributed by atoms with Gasteiger partial charge in [0.25, 0.3) is 13.4 Å². The van der Waals surface area contributed by atoms with Crippen LogP contribution in [0.25, 0.3) is 22.3 Å². The second kappa shape index (κ2) is 16.5. The van der Waals surface area contributed by atoms with Crippen molar-refractivity contribution in [3.8, 4) is 22.3 Å². The molecule has 0 unspecified atom stereocenters. The summed E-state index contributed by atoms with van der Waals surface area (Å²) in [4.78, 5) is 10.2. The van der Waals surface area contributed by atoms with E-state index in [0.717, 1.165) is 22.7 Å². The lowest BCUT2D eigenvalue weighted by atomic mass is 9.33. The fourth-order valence-electron chi connectivity index (χ4n) is 15.7. The van der Waals surface area contributed by atoms with Gasteiger partial charge in [0, 0.05) is 68.2 Å². The van der Waals surface area contributed by atoms with Crippen molar-refractivity contribution in [1.82, 2.24) is 0 Å². The molecule has 81 heavy (non-hydrogen) atoms. The zero-order chi connectivity index (χ0) is 53.2. The maximum Gasteiger partial charge on any atom is 0.252 e. The molecule has 0 atom stereocenters. The van der Waals surface area contributed by atoms with E-state index in [0.29, 0.717) is 0 Å². The van der Waals surface area contributed by atoms with E-state index in [4.69, 9.17) is 0 Å². The van der Waals surface area contributed by atoms with Gasteiger partial charge >= 0.3 is 0 Å². The van der Waals surface area contributed by atoms with Crippen molar-refractivity contribution in [2.24, 2.45) is 0 Å². The molecule has 376 valence electrons. The molecule has 12 aromatic rings. The Morgan fingerprint density at radius 2 is 0.543 bits per heavy atom. The molecule has 0 fully saturated rings. The van der Waals surface area contributed by atoms with E-state index in [9.17, 15) is 0 Å². The lowest BCUT2D eigenvalue weighted by molar-refractivity contribution is 0.793. The predicted octanol–water partition coefficient (Wildman–Crippen LogP) is 14.8. The number of aryl methyl sites for hydroxylation is 2. The SMILES string of the molecule is Cc1cc2c3c(c1)N(c1ccc4c(c1)C1(c5ccccc5-4)c4ccccc4-c4ccc(N5c6ccccc6B6c7ccccc7N(c7ccccc7)c7cc(C)cc5c76)cc41)c1ccccc1B3c1ccccc1N2c1ccccc1. The number of fused-ring (bicyclic) bond motifs is 18. The maximum atomic E-state index is 2.59. The molecular weight excluding hydrogens is 978 g/mol. The van der Waals surface area contributed by atoms with E-state index in [1.807, 2.05) is 0 Å². The van der Waals surface area contributed by atoms with Crippen LogP contribution in [0.2, 0.25) is 0 Å². The highest BCUT2D eigenvalue weighted by Gasteiger charge is 2.53. The van der Waals surface area contributed by atoms with E-state index in [-0.39, 0.29) is 13.4 Å². The van der Waals surface area contributed by atoms with Crippen molar-refractivity contribution in [2.45, 2.75) is 19.3 Å². The molecule has 0 saturated carbocycles. The van der Waals surface area contributed by atoms with Crippen molar-refractivity contribution in [3.05, 3.63) is 300 Å². The van der Waals surface area contributed by atoms with Gasteiger partial charge in [0.05, 0.1) is 5.41 Å². The highest BCUT2D eigenvalue weighted by atomic mass is 15.2. The molecule has 4 nitrogen and oxygen atoms in total. The highest BCUT2D eigenvalue weighted by Crippen LogP contribution is 2.64. The molecule has 0 bridgehead atoms. The largest absolute Gasteiger partial charge is 0.311 e. The first-order valence-electron chi connectivity index (χ1n) is 28.5. The fourth-order valence-corrected chi connectivity index (χ4v) is 15.7. The molecule has 1 spiro atoms. The summed E-state index contributed by atoms with van der Waals surface area (Å²) in [6, 6.07) is 101. The smallest absolute Gasteiger partial charge is 0.252 e. The molecule has 6 heteroatoms. The number of anilines is 12. The average Bonchev–Trinajstić information content (AvgIpc) is 3.77. The zero-order valence-electron chi connectivity index (χ0n) is 44.8. The number of para-hydroxylation sites is 6. The summed E-state index contributed by atoms with van der Waals surface area (Å²) in [5, 5.41) is 0. The molecule has 0 amide bonds. The molecule has 4 aliphatic heterocycles. The second-order valence-electron chi connectivity index (χ2n) is 22.8. The van der Waals surface area contributed by atoms with E-state index in [2.05, 4.69) is 300 Å². The van der Waals surface area contributed by atoms with Crippen LogP contribution in [-0.2, 0) is 5.41 Å². The fraction of sp³-hybridized carbons (Fsp3) is 0.0400. The van der Waals surface area contributed by atoms with E-state index in [1.54, 1.807) is 0 Å². The second-order valence-corrected chi connectivity index (χ2v) is 22.8. The van der Waals surface area contributed by atoms with Gasteiger partial charge in [0.15, 0.2) is 0 Å². The summed E-state index contributed by atoms with van der Waals surface area (Å²) in [6.07, 6.45) is 0. The first kappa shape index (κ1) is 44.9. The van der Waals surface area contributed by atoms with Crippen LogP contribution in [0.1, 0.15) is 33.4 Å². The molecule has 4 heterocycles. The Balaban J connectivity index is 0.871. The Kier molecular flexibility index (Phi) is 9.15. The van der Waals surface area contributed by atoms with Crippen molar-refractivity contribution in [1.29, 1.82) is 0 Å². The third kappa shape index (κ3) is 5.91. The lowest BCUT2D eigenvalue weighted by Crippen LogP contribution is -2.61. The van der Waals surface area contributed by atoms with Gasteiger partial charge in [-0.05, 0) is 199 Å². The van der Waals surface area contributed by atoms with Gasteiger partial charge in [-0.15, -0.1) is 0 Å². The van der Waals surface area contributed by atoms with E-state index in [1.165, 1.54) is 134 Å². The first-order chi connectivity index (χ1) is 40.0. The van der Waals surface area contributed by atoms with Crippen LogP contribution in [0.3, 0.4) is 0 Å². The summed E-state index contributed by atoms with van der Waals surface area (Å²) in [6.45, 7) is 4.64. The molecule has 6 aliphatic rings. The summed E-state index contributed by atoms with van der Waals surface area (Å²) in [5.41, 5.74) is 34.6. The van der Waals surface area contributed by atoms with Crippen molar-refractivity contribution >= 4 is 114 Å². The van der Waals surface area contributed by atoms with Gasteiger partial charge in [0.2, 0.25) is 0 Å². The quantitative estimate of drug-likeness (QED) is 0.163. The minimum absolute atomic E-state index is 0.0570. The van der Waals surface area contributed by atoms with Crippen molar-refractivity contribution in [3.63, 3.8) is 0 Å². The lowest BCUT2D eigenvalue weighted by Gasteiger charge is -2.44. The van der Waals surface area contributed by atoms with Crippen molar-refractivity contribution in [2.75, 3.05) is 19.6 Å². The molecule has 0 saturated heterocycles. The topological polar surface area (TPSA) is 13.0 Å². The molecule has 0 radical (unpaired) electrons. The van der Waals surface area contributed by atoms with Crippen LogP contribution in [-0.4, -0.2) is 13.4 Å². The van der Waals surface area contributed by atoms with Crippen LogP contribution in [0.5, 0.6) is 0 Å². The van der Waals surface area contributed by atoms with Crippen LogP contribution >= 0.6 is 0 Å². The molecule has 0 aromatic heterocycles. The third-order valence-corrected chi connectivity index (χ3v) is 18.7. The molecule has 18 rings (SSSR count). The Bertz CT molecular complexity index is 4390. The number of benzene rings is 12. The number of nitrogens with zero attached hydrogens (tertiary/aromatic N) is 4. The predicted molar refractivity (Wildman–Crippen MR) is 340 cm³/mol. The molecule has 0 N–H and O–H groups in total. The standard InChI is InChI=1S/C75H50B2N4/c1-47-41-69-73-71(43-47)80(67-35-19-15-31-63(67)76(73)61-29-13-17-33-65(61)78(69)49-21-5-3-6-22-49)51-37-39-55-53-25-9-11-27-57(53)75(59(55)45-51)58-28-12-10-26-54(58)56-40-38-52(46-60(56)75)81-68-36-20-16-32-64(68)77-62-30-14-18-34-66(62)79(50-23-7-4-8-24-50)70-42-48(2)44-72(81)74(70)77/h3-46H,1-2H3. The Morgan fingerprint density at radius 3 is 0.914 bits per heavy atom. The normalized spacial score (nSPS) is 14.5. The summed E-state index contributed by atoms with van der Waals surface area (Å²) in [7, 11) is 0. The van der Waals surface area contributed by atoms with Crippen LogP contribution in [0.4, 0.5) is 68.2 Å². The third-order valence-electron chi connectivity index (χ3n) is 18.7. The summed E-state index contributed by atoms with van der Waals surface area (Å²) >= 11 is 0. The van der Waals surface area contributed by atoms with Crippen LogP contribution < -0.4 is 52.4 Å². The Hall–Kier alpha value is -10.0. The van der Waals surface area contributed by atoms with Gasteiger partial charge in [-0.1, -0.05) is 170 Å². The van der Waals surface area contributed by atoms with E-state index < -0.39 is 5.41 Å². The average molecular weight is 1030 g/mol.